The SMILES string of the molecule is CC(=O)Nc1cccc(S(=O)(=O)Nc2ccc(Br)cc2)c1. The highest BCUT2D eigenvalue weighted by Crippen LogP contribution is 2.20. The summed E-state index contributed by atoms with van der Waals surface area (Å²) in [7, 11) is -3.70. The number of anilines is 2. The van der Waals surface area contributed by atoms with Gasteiger partial charge in [-0.1, -0.05) is 22.0 Å². The van der Waals surface area contributed by atoms with E-state index in [2.05, 4.69) is 26.0 Å². The highest BCUT2D eigenvalue weighted by molar-refractivity contribution is 9.10. The van der Waals surface area contributed by atoms with Crippen molar-refractivity contribution in [2.75, 3.05) is 10.0 Å². The van der Waals surface area contributed by atoms with E-state index in [1.54, 1.807) is 36.4 Å². The Morgan fingerprint density at radius 1 is 1.05 bits per heavy atom. The third-order valence-corrected chi connectivity index (χ3v) is 4.47. The van der Waals surface area contributed by atoms with Crippen molar-refractivity contribution in [3.8, 4) is 0 Å². The molecule has 0 bridgehead atoms. The van der Waals surface area contributed by atoms with Crippen LogP contribution in [0, 0.1) is 0 Å². The van der Waals surface area contributed by atoms with Gasteiger partial charge in [0.2, 0.25) is 5.91 Å². The molecular formula is C14H13BrN2O3S. The maximum absolute atomic E-state index is 12.3. The van der Waals surface area contributed by atoms with Gasteiger partial charge in [-0.15, -0.1) is 0 Å². The fourth-order valence-corrected chi connectivity index (χ4v) is 3.04. The first-order valence-electron chi connectivity index (χ1n) is 6.03. The Morgan fingerprint density at radius 2 is 1.71 bits per heavy atom. The number of sulfonamides is 1. The number of hydrogen-bond acceptors (Lipinski definition) is 3. The predicted molar refractivity (Wildman–Crippen MR) is 85.7 cm³/mol. The van der Waals surface area contributed by atoms with Gasteiger partial charge in [0.05, 0.1) is 4.90 Å². The lowest BCUT2D eigenvalue weighted by Gasteiger charge is -2.09. The highest BCUT2D eigenvalue weighted by atomic mass is 79.9. The lowest BCUT2D eigenvalue weighted by Crippen LogP contribution is -2.13. The summed E-state index contributed by atoms with van der Waals surface area (Å²) < 4.78 is 27.9. The molecule has 0 aliphatic carbocycles. The first-order chi connectivity index (χ1) is 9.87. The largest absolute Gasteiger partial charge is 0.326 e. The summed E-state index contributed by atoms with van der Waals surface area (Å²) >= 11 is 3.28. The quantitative estimate of drug-likeness (QED) is 0.869. The summed E-state index contributed by atoms with van der Waals surface area (Å²) in [4.78, 5) is 11.1. The van der Waals surface area contributed by atoms with Crippen molar-refractivity contribution in [2.24, 2.45) is 0 Å². The maximum atomic E-state index is 12.3. The molecule has 0 heterocycles. The minimum Gasteiger partial charge on any atom is -0.326 e. The lowest BCUT2D eigenvalue weighted by atomic mass is 10.3. The van der Waals surface area contributed by atoms with Gasteiger partial charge >= 0.3 is 0 Å². The second-order valence-electron chi connectivity index (χ2n) is 4.32. The second-order valence-corrected chi connectivity index (χ2v) is 6.92. The average molecular weight is 369 g/mol. The van der Waals surface area contributed by atoms with Crippen LogP contribution >= 0.6 is 15.9 Å². The van der Waals surface area contributed by atoms with Crippen LogP contribution in [0.5, 0.6) is 0 Å². The van der Waals surface area contributed by atoms with E-state index in [4.69, 9.17) is 0 Å². The van der Waals surface area contributed by atoms with E-state index in [1.165, 1.54) is 19.1 Å². The molecule has 0 spiro atoms. The molecule has 0 aromatic heterocycles. The van der Waals surface area contributed by atoms with Crippen LogP contribution in [0.25, 0.3) is 0 Å². The van der Waals surface area contributed by atoms with Gasteiger partial charge in [-0.05, 0) is 42.5 Å². The molecule has 5 nitrogen and oxygen atoms in total. The summed E-state index contributed by atoms with van der Waals surface area (Å²) in [6, 6.07) is 12.9. The van der Waals surface area contributed by atoms with Gasteiger partial charge in [0, 0.05) is 22.8 Å². The molecule has 2 aromatic carbocycles. The topological polar surface area (TPSA) is 75.3 Å². The molecule has 0 saturated carbocycles. The van der Waals surface area contributed by atoms with Crippen molar-refractivity contribution in [2.45, 2.75) is 11.8 Å². The van der Waals surface area contributed by atoms with Crippen LogP contribution in [0.2, 0.25) is 0 Å². The van der Waals surface area contributed by atoms with Gasteiger partial charge in [0.15, 0.2) is 0 Å². The van der Waals surface area contributed by atoms with Gasteiger partial charge < -0.3 is 5.32 Å². The van der Waals surface area contributed by atoms with E-state index in [1.807, 2.05) is 0 Å². The number of carbonyl (C=O) groups excluding carboxylic acids is 1. The molecule has 21 heavy (non-hydrogen) atoms. The molecule has 0 unspecified atom stereocenters. The number of carbonyl (C=O) groups is 1. The van der Waals surface area contributed by atoms with Crippen LogP contribution < -0.4 is 10.0 Å². The normalized spacial score (nSPS) is 11.0. The Kier molecular flexibility index (Phi) is 4.64. The third-order valence-electron chi connectivity index (χ3n) is 2.56. The Hall–Kier alpha value is -1.86. The van der Waals surface area contributed by atoms with E-state index in [0.29, 0.717) is 11.4 Å². The zero-order valence-electron chi connectivity index (χ0n) is 11.1. The van der Waals surface area contributed by atoms with E-state index in [-0.39, 0.29) is 10.8 Å². The van der Waals surface area contributed by atoms with Crippen LogP contribution in [0.4, 0.5) is 11.4 Å². The summed E-state index contributed by atoms with van der Waals surface area (Å²) in [6.45, 7) is 1.36. The number of benzene rings is 2. The molecule has 0 fully saturated rings. The van der Waals surface area contributed by atoms with E-state index in [0.717, 1.165) is 4.47 Å². The molecule has 7 heteroatoms. The van der Waals surface area contributed by atoms with Gasteiger partial charge in [0.1, 0.15) is 0 Å². The molecule has 2 aromatic rings. The Morgan fingerprint density at radius 3 is 2.33 bits per heavy atom. The molecule has 110 valence electrons. The zero-order chi connectivity index (χ0) is 15.5. The molecule has 0 atom stereocenters. The first kappa shape index (κ1) is 15.5. The van der Waals surface area contributed by atoms with Crippen LogP contribution in [0.1, 0.15) is 6.92 Å². The molecule has 0 saturated heterocycles. The fraction of sp³-hybridized carbons (Fsp3) is 0.0714. The van der Waals surface area contributed by atoms with Crippen LogP contribution in [0.15, 0.2) is 57.9 Å². The van der Waals surface area contributed by atoms with E-state index < -0.39 is 10.0 Å². The average Bonchev–Trinajstić information content (AvgIpc) is 2.41. The van der Waals surface area contributed by atoms with Crippen molar-refractivity contribution in [1.29, 1.82) is 0 Å². The van der Waals surface area contributed by atoms with Gasteiger partial charge in [0.25, 0.3) is 10.0 Å². The second kappa shape index (κ2) is 6.28. The fourth-order valence-electron chi connectivity index (χ4n) is 1.68. The van der Waals surface area contributed by atoms with Crippen LogP contribution in [0.3, 0.4) is 0 Å². The molecule has 0 aliphatic rings. The monoisotopic (exact) mass is 368 g/mol. The van der Waals surface area contributed by atoms with Crippen molar-refractivity contribution in [1.82, 2.24) is 0 Å². The standard InChI is InChI=1S/C14H13BrN2O3S/c1-10(18)16-13-3-2-4-14(9-13)21(19,20)17-12-7-5-11(15)6-8-12/h2-9,17H,1H3,(H,16,18). The lowest BCUT2D eigenvalue weighted by molar-refractivity contribution is -0.114. The molecule has 0 aliphatic heterocycles. The van der Waals surface area contributed by atoms with Gasteiger partial charge in [-0.3, -0.25) is 9.52 Å². The molecule has 2 N–H and O–H groups in total. The van der Waals surface area contributed by atoms with Crippen molar-refractivity contribution in [3.63, 3.8) is 0 Å². The molecule has 2 rings (SSSR count). The number of rotatable bonds is 4. The summed E-state index contributed by atoms with van der Waals surface area (Å²) in [5, 5.41) is 2.55. The smallest absolute Gasteiger partial charge is 0.261 e. The molecule has 0 radical (unpaired) electrons. The minimum atomic E-state index is -3.70. The van der Waals surface area contributed by atoms with Crippen LogP contribution in [-0.2, 0) is 14.8 Å². The first-order valence-corrected chi connectivity index (χ1v) is 8.30. The van der Waals surface area contributed by atoms with E-state index >= 15 is 0 Å². The maximum Gasteiger partial charge on any atom is 0.261 e. The number of amides is 1. The number of nitrogens with one attached hydrogen (secondary N) is 2. The van der Waals surface area contributed by atoms with Crippen molar-refractivity contribution < 1.29 is 13.2 Å². The zero-order valence-corrected chi connectivity index (χ0v) is 13.5. The Balaban J connectivity index is 2.26. The van der Waals surface area contributed by atoms with Crippen molar-refractivity contribution >= 4 is 43.2 Å². The Bertz CT molecular complexity index is 758. The number of hydrogen-bond donors (Lipinski definition) is 2. The predicted octanol–water partition coefficient (Wildman–Crippen LogP) is 3.21. The Labute approximate surface area is 131 Å². The molecular weight excluding hydrogens is 356 g/mol. The van der Waals surface area contributed by atoms with Crippen molar-refractivity contribution in [3.05, 3.63) is 53.0 Å². The summed E-state index contributed by atoms with van der Waals surface area (Å²) in [5.74, 6) is -0.259. The highest BCUT2D eigenvalue weighted by Gasteiger charge is 2.14. The third kappa shape index (κ3) is 4.30. The molecule has 1 amide bonds. The van der Waals surface area contributed by atoms with E-state index in [9.17, 15) is 13.2 Å². The summed E-state index contributed by atoms with van der Waals surface area (Å²) in [5.41, 5.74) is 0.893. The van der Waals surface area contributed by atoms with Gasteiger partial charge in [-0.2, -0.15) is 0 Å². The van der Waals surface area contributed by atoms with Crippen LogP contribution in [-0.4, -0.2) is 14.3 Å². The van der Waals surface area contributed by atoms with Gasteiger partial charge in [-0.25, -0.2) is 8.42 Å². The number of halogens is 1. The summed E-state index contributed by atoms with van der Waals surface area (Å²) in [6.07, 6.45) is 0. The minimum absolute atomic E-state index is 0.0802.